The van der Waals surface area contributed by atoms with Gasteiger partial charge in [0.2, 0.25) is 0 Å². The molecule has 0 radical (unpaired) electrons. The van der Waals surface area contributed by atoms with E-state index in [9.17, 15) is 0 Å². The number of hydrogen-bond donors (Lipinski definition) is 1. The van der Waals surface area contributed by atoms with Gasteiger partial charge in [0, 0.05) is 37.9 Å². The Morgan fingerprint density at radius 2 is 2.05 bits per heavy atom. The summed E-state index contributed by atoms with van der Waals surface area (Å²) < 4.78 is 0. The zero-order valence-electron chi connectivity index (χ0n) is 13.4. The minimum Gasteiger partial charge on any atom is -0.368 e. The molecular formula is C17H29N3. The Hall–Kier alpha value is -1.06. The largest absolute Gasteiger partial charge is 0.368 e. The van der Waals surface area contributed by atoms with Crippen molar-refractivity contribution in [1.82, 2.24) is 10.2 Å². The van der Waals surface area contributed by atoms with Gasteiger partial charge >= 0.3 is 0 Å². The molecule has 2 rings (SSSR count). The third-order valence-electron chi connectivity index (χ3n) is 4.43. The predicted molar refractivity (Wildman–Crippen MR) is 87.5 cm³/mol. The van der Waals surface area contributed by atoms with Gasteiger partial charge in [-0.2, -0.15) is 0 Å². The molecule has 20 heavy (non-hydrogen) atoms. The number of nitrogens with one attached hydrogen (secondary N) is 1. The van der Waals surface area contributed by atoms with Crippen LogP contribution in [0.15, 0.2) is 18.2 Å². The molecular weight excluding hydrogens is 246 g/mol. The summed E-state index contributed by atoms with van der Waals surface area (Å²) in [7, 11) is 2.25. The normalized spacial score (nSPS) is 20.4. The third kappa shape index (κ3) is 3.53. The lowest BCUT2D eigenvalue weighted by atomic mass is 10.1. The number of hydrogen-bond acceptors (Lipinski definition) is 3. The summed E-state index contributed by atoms with van der Waals surface area (Å²) in [6.07, 6.45) is 1.23. The lowest BCUT2D eigenvalue weighted by Gasteiger charge is -2.41. The van der Waals surface area contributed by atoms with Crippen LogP contribution < -0.4 is 10.2 Å². The third-order valence-corrected chi connectivity index (χ3v) is 4.43. The van der Waals surface area contributed by atoms with Crippen LogP contribution in [0.4, 0.5) is 5.69 Å². The van der Waals surface area contributed by atoms with Gasteiger partial charge in [-0.1, -0.05) is 26.0 Å². The molecule has 1 N–H and O–H groups in total. The molecule has 0 saturated carbocycles. The van der Waals surface area contributed by atoms with Crippen molar-refractivity contribution < 1.29 is 0 Å². The van der Waals surface area contributed by atoms with Crippen molar-refractivity contribution in [2.75, 3.05) is 38.1 Å². The smallest absolute Gasteiger partial charge is 0.0397 e. The number of benzene rings is 1. The molecule has 1 heterocycles. The highest BCUT2D eigenvalue weighted by atomic mass is 15.3. The maximum atomic E-state index is 3.39. The second kappa shape index (κ2) is 7.09. The maximum Gasteiger partial charge on any atom is 0.0397 e. The Morgan fingerprint density at radius 3 is 2.70 bits per heavy atom. The molecule has 0 spiro atoms. The molecule has 1 unspecified atom stereocenters. The zero-order chi connectivity index (χ0) is 14.5. The van der Waals surface area contributed by atoms with Gasteiger partial charge in [0.15, 0.2) is 0 Å². The number of rotatable bonds is 5. The van der Waals surface area contributed by atoms with Crippen molar-refractivity contribution in [3.05, 3.63) is 29.3 Å². The van der Waals surface area contributed by atoms with Crippen LogP contribution in [0.2, 0.25) is 0 Å². The van der Waals surface area contributed by atoms with Gasteiger partial charge in [-0.15, -0.1) is 0 Å². The first-order chi connectivity index (χ1) is 9.65. The van der Waals surface area contributed by atoms with E-state index in [4.69, 9.17) is 0 Å². The van der Waals surface area contributed by atoms with E-state index in [1.165, 1.54) is 23.2 Å². The van der Waals surface area contributed by atoms with Crippen molar-refractivity contribution in [3.8, 4) is 0 Å². The number of aryl methyl sites for hydroxylation is 1. The van der Waals surface area contributed by atoms with Crippen LogP contribution in [0.5, 0.6) is 0 Å². The monoisotopic (exact) mass is 275 g/mol. The summed E-state index contributed by atoms with van der Waals surface area (Å²) >= 11 is 0. The highest BCUT2D eigenvalue weighted by molar-refractivity contribution is 5.55. The maximum absolute atomic E-state index is 3.39. The molecule has 1 aromatic carbocycles. The van der Waals surface area contributed by atoms with Gasteiger partial charge in [-0.05, 0) is 44.1 Å². The number of anilines is 1. The minimum absolute atomic E-state index is 0.685. The summed E-state index contributed by atoms with van der Waals surface area (Å²) in [5, 5.41) is 3.39. The average molecular weight is 275 g/mol. The van der Waals surface area contributed by atoms with Crippen molar-refractivity contribution in [3.63, 3.8) is 0 Å². The lowest BCUT2D eigenvalue weighted by molar-refractivity contribution is 0.213. The first-order valence-electron chi connectivity index (χ1n) is 7.91. The average Bonchev–Trinajstić information content (AvgIpc) is 2.46. The van der Waals surface area contributed by atoms with E-state index in [1.807, 2.05) is 0 Å². The van der Waals surface area contributed by atoms with Crippen molar-refractivity contribution in [1.29, 1.82) is 0 Å². The Labute approximate surface area is 124 Å². The molecule has 1 aliphatic rings. The second-order valence-corrected chi connectivity index (χ2v) is 5.89. The van der Waals surface area contributed by atoms with Gasteiger partial charge in [0.05, 0.1) is 0 Å². The first-order valence-corrected chi connectivity index (χ1v) is 7.91. The molecule has 3 nitrogen and oxygen atoms in total. The van der Waals surface area contributed by atoms with Crippen molar-refractivity contribution in [2.24, 2.45) is 0 Å². The van der Waals surface area contributed by atoms with Crippen LogP contribution >= 0.6 is 0 Å². The molecule has 1 atom stereocenters. The van der Waals surface area contributed by atoms with Crippen LogP contribution in [-0.2, 0) is 6.54 Å². The molecule has 1 aromatic rings. The Balaban J connectivity index is 2.08. The topological polar surface area (TPSA) is 18.5 Å². The fraction of sp³-hybridized carbons (Fsp3) is 0.647. The summed E-state index contributed by atoms with van der Waals surface area (Å²) in [5.41, 5.74) is 4.20. The van der Waals surface area contributed by atoms with Crippen molar-refractivity contribution in [2.45, 2.75) is 39.8 Å². The van der Waals surface area contributed by atoms with Gasteiger partial charge in [0.25, 0.3) is 0 Å². The molecule has 0 aromatic heterocycles. The van der Waals surface area contributed by atoms with Gasteiger partial charge in [0.1, 0.15) is 0 Å². The van der Waals surface area contributed by atoms with E-state index in [-0.39, 0.29) is 0 Å². The van der Waals surface area contributed by atoms with Crippen LogP contribution in [-0.4, -0.2) is 44.2 Å². The molecule has 1 fully saturated rings. The lowest BCUT2D eigenvalue weighted by Crippen LogP contribution is -2.51. The van der Waals surface area contributed by atoms with E-state index in [0.717, 1.165) is 32.7 Å². The molecule has 0 amide bonds. The molecule has 0 bridgehead atoms. The van der Waals surface area contributed by atoms with E-state index in [0.29, 0.717) is 6.04 Å². The fourth-order valence-electron chi connectivity index (χ4n) is 3.06. The van der Waals surface area contributed by atoms with Gasteiger partial charge < -0.3 is 10.2 Å². The number of piperazine rings is 1. The summed E-state index contributed by atoms with van der Waals surface area (Å²) in [6.45, 7) is 12.1. The van der Waals surface area contributed by atoms with Crippen LogP contribution in [0, 0.1) is 6.92 Å². The molecule has 1 aliphatic heterocycles. The minimum atomic E-state index is 0.685. The molecule has 1 saturated heterocycles. The Morgan fingerprint density at radius 1 is 1.25 bits per heavy atom. The Kier molecular flexibility index (Phi) is 5.44. The van der Waals surface area contributed by atoms with E-state index >= 15 is 0 Å². The second-order valence-electron chi connectivity index (χ2n) is 5.89. The molecule has 0 aliphatic carbocycles. The summed E-state index contributed by atoms with van der Waals surface area (Å²) in [5.74, 6) is 0. The van der Waals surface area contributed by atoms with Crippen molar-refractivity contribution >= 4 is 5.69 Å². The SMILES string of the molecule is CCNCc1ccc(N2CCN(C)C(CC)C2)c(C)c1. The highest BCUT2D eigenvalue weighted by Crippen LogP contribution is 2.24. The quantitative estimate of drug-likeness (QED) is 0.891. The fourth-order valence-corrected chi connectivity index (χ4v) is 3.06. The molecule has 112 valence electrons. The van der Waals surface area contributed by atoms with Gasteiger partial charge in [-0.25, -0.2) is 0 Å². The predicted octanol–water partition coefficient (Wildman–Crippen LogP) is 2.63. The Bertz CT molecular complexity index is 430. The van der Waals surface area contributed by atoms with Crippen LogP contribution in [0.1, 0.15) is 31.4 Å². The zero-order valence-corrected chi connectivity index (χ0v) is 13.4. The highest BCUT2D eigenvalue weighted by Gasteiger charge is 2.23. The van der Waals surface area contributed by atoms with E-state index in [2.05, 4.69) is 61.1 Å². The number of likely N-dealkylation sites (N-methyl/N-ethyl adjacent to an activating group) is 1. The number of nitrogens with zero attached hydrogens (tertiary/aromatic N) is 2. The molecule has 3 heteroatoms. The standard InChI is InChI=1S/C17H29N3/c1-5-16-13-20(10-9-19(16)4)17-8-7-15(11-14(17)3)12-18-6-2/h7-8,11,16,18H,5-6,9-10,12-13H2,1-4H3. The van der Waals surface area contributed by atoms with Gasteiger partial charge in [-0.3, -0.25) is 4.90 Å². The summed E-state index contributed by atoms with van der Waals surface area (Å²) in [6, 6.07) is 7.59. The first kappa shape index (κ1) is 15.3. The van der Waals surface area contributed by atoms with E-state index < -0.39 is 0 Å². The van der Waals surface area contributed by atoms with Crippen LogP contribution in [0.3, 0.4) is 0 Å². The van der Waals surface area contributed by atoms with Crippen LogP contribution in [0.25, 0.3) is 0 Å². The summed E-state index contributed by atoms with van der Waals surface area (Å²) in [4.78, 5) is 5.05. The van der Waals surface area contributed by atoms with E-state index in [1.54, 1.807) is 0 Å².